The van der Waals surface area contributed by atoms with E-state index < -0.39 is 0 Å². The highest BCUT2D eigenvalue weighted by Gasteiger charge is 2.03. The van der Waals surface area contributed by atoms with Gasteiger partial charge in [-0.1, -0.05) is 24.3 Å². The zero-order chi connectivity index (χ0) is 10.3. The van der Waals surface area contributed by atoms with Gasteiger partial charge in [0.25, 0.3) is 0 Å². The minimum Gasteiger partial charge on any atom is -0.507 e. The lowest BCUT2D eigenvalue weighted by Gasteiger charge is -2.04. The molecule has 0 saturated heterocycles. The molecule has 1 heterocycles. The van der Waals surface area contributed by atoms with Gasteiger partial charge in [-0.3, -0.25) is 4.98 Å². The van der Waals surface area contributed by atoms with E-state index in [1.807, 2.05) is 36.4 Å². The molecule has 2 nitrogen and oxygen atoms in total. The van der Waals surface area contributed by atoms with Gasteiger partial charge >= 0.3 is 0 Å². The molecule has 0 amide bonds. The molecular formula is C13H9NO. The first kappa shape index (κ1) is 8.24. The number of aromatic nitrogens is 1. The Morgan fingerprint density at radius 2 is 1.87 bits per heavy atom. The van der Waals surface area contributed by atoms with Crippen LogP contribution in [0.3, 0.4) is 0 Å². The largest absolute Gasteiger partial charge is 0.507 e. The maximum Gasteiger partial charge on any atom is 0.124 e. The highest BCUT2D eigenvalue weighted by Crippen LogP contribution is 2.30. The molecular weight excluding hydrogens is 186 g/mol. The molecule has 1 N–H and O–H groups in total. The third-order valence-electron chi connectivity index (χ3n) is 2.60. The third kappa shape index (κ3) is 1.15. The SMILES string of the molecule is Oc1cccc2ccc3ncccc3c12. The van der Waals surface area contributed by atoms with Gasteiger partial charge in [-0.25, -0.2) is 0 Å². The predicted octanol–water partition coefficient (Wildman–Crippen LogP) is 3.09. The Kier molecular flexibility index (Phi) is 1.62. The van der Waals surface area contributed by atoms with Crippen LogP contribution >= 0.6 is 0 Å². The van der Waals surface area contributed by atoms with E-state index >= 15 is 0 Å². The van der Waals surface area contributed by atoms with Crippen LogP contribution in [0.5, 0.6) is 5.75 Å². The summed E-state index contributed by atoms with van der Waals surface area (Å²) in [5, 5.41) is 12.8. The van der Waals surface area contributed by atoms with Crippen molar-refractivity contribution in [3.8, 4) is 5.75 Å². The minimum absolute atomic E-state index is 0.311. The average Bonchev–Trinajstić information content (AvgIpc) is 2.29. The van der Waals surface area contributed by atoms with Crippen LogP contribution in [0, 0.1) is 0 Å². The molecule has 1 aromatic heterocycles. The molecule has 3 aromatic rings. The smallest absolute Gasteiger partial charge is 0.124 e. The number of rotatable bonds is 0. The standard InChI is InChI=1S/C13H9NO/c15-12-5-1-3-9-6-7-11-10(13(9)12)4-2-8-14-11/h1-8,15H. The van der Waals surface area contributed by atoms with E-state index in [9.17, 15) is 5.11 Å². The number of phenols is 1. The summed E-state index contributed by atoms with van der Waals surface area (Å²) in [5.41, 5.74) is 0.909. The quantitative estimate of drug-likeness (QED) is 0.559. The first-order valence-corrected chi connectivity index (χ1v) is 4.82. The lowest BCUT2D eigenvalue weighted by atomic mass is 10.0. The fraction of sp³-hybridized carbons (Fsp3) is 0. The van der Waals surface area contributed by atoms with Crippen molar-refractivity contribution in [3.05, 3.63) is 48.7 Å². The molecule has 0 aliphatic carbocycles. The van der Waals surface area contributed by atoms with Gasteiger partial charge < -0.3 is 5.11 Å². The second-order valence-electron chi connectivity index (χ2n) is 3.51. The number of hydrogen-bond acceptors (Lipinski definition) is 2. The topological polar surface area (TPSA) is 33.1 Å². The number of pyridine rings is 1. The second-order valence-corrected chi connectivity index (χ2v) is 3.51. The third-order valence-corrected chi connectivity index (χ3v) is 2.60. The van der Waals surface area contributed by atoms with Crippen molar-refractivity contribution in [2.24, 2.45) is 0 Å². The van der Waals surface area contributed by atoms with Crippen LogP contribution in [0.2, 0.25) is 0 Å². The summed E-state index contributed by atoms with van der Waals surface area (Å²) in [5.74, 6) is 0.311. The van der Waals surface area contributed by atoms with Crippen LogP contribution in [-0.2, 0) is 0 Å². The van der Waals surface area contributed by atoms with Crippen molar-refractivity contribution in [2.45, 2.75) is 0 Å². The van der Waals surface area contributed by atoms with Crippen molar-refractivity contribution >= 4 is 21.7 Å². The zero-order valence-corrected chi connectivity index (χ0v) is 8.01. The van der Waals surface area contributed by atoms with E-state index in [4.69, 9.17) is 0 Å². The Bertz CT molecular complexity index is 646. The number of hydrogen-bond donors (Lipinski definition) is 1. The fourth-order valence-electron chi connectivity index (χ4n) is 1.92. The summed E-state index contributed by atoms with van der Waals surface area (Å²) >= 11 is 0. The van der Waals surface area contributed by atoms with Crippen molar-refractivity contribution in [1.29, 1.82) is 0 Å². The maximum atomic E-state index is 9.84. The molecule has 3 rings (SSSR count). The highest BCUT2D eigenvalue weighted by molar-refractivity contribution is 6.09. The van der Waals surface area contributed by atoms with E-state index in [0.29, 0.717) is 5.75 Å². The van der Waals surface area contributed by atoms with E-state index in [1.165, 1.54) is 0 Å². The van der Waals surface area contributed by atoms with Crippen LogP contribution in [0.15, 0.2) is 48.7 Å². The Morgan fingerprint density at radius 3 is 2.80 bits per heavy atom. The van der Waals surface area contributed by atoms with E-state index in [1.54, 1.807) is 12.3 Å². The summed E-state index contributed by atoms with van der Waals surface area (Å²) < 4.78 is 0. The second kappa shape index (κ2) is 2.95. The van der Waals surface area contributed by atoms with Crippen LogP contribution in [-0.4, -0.2) is 10.1 Å². The molecule has 0 spiro atoms. The van der Waals surface area contributed by atoms with Gasteiger partial charge in [0.1, 0.15) is 5.75 Å². The van der Waals surface area contributed by atoms with Gasteiger partial charge in [0.2, 0.25) is 0 Å². The van der Waals surface area contributed by atoms with Gasteiger partial charge in [0, 0.05) is 17.0 Å². The number of phenolic OH excluding ortho intramolecular Hbond substituents is 1. The van der Waals surface area contributed by atoms with E-state index in [-0.39, 0.29) is 0 Å². The molecule has 0 aliphatic heterocycles. The normalized spacial score (nSPS) is 10.9. The number of fused-ring (bicyclic) bond motifs is 3. The predicted molar refractivity (Wildman–Crippen MR) is 60.9 cm³/mol. The highest BCUT2D eigenvalue weighted by atomic mass is 16.3. The summed E-state index contributed by atoms with van der Waals surface area (Å²) in [7, 11) is 0. The van der Waals surface area contributed by atoms with Crippen LogP contribution in [0.4, 0.5) is 0 Å². The van der Waals surface area contributed by atoms with Crippen molar-refractivity contribution in [2.75, 3.05) is 0 Å². The summed E-state index contributed by atoms with van der Waals surface area (Å²) in [4.78, 5) is 4.26. The van der Waals surface area contributed by atoms with Crippen molar-refractivity contribution in [3.63, 3.8) is 0 Å². The lowest BCUT2D eigenvalue weighted by molar-refractivity contribution is 0.482. The average molecular weight is 195 g/mol. The number of aromatic hydroxyl groups is 1. The van der Waals surface area contributed by atoms with Crippen LogP contribution < -0.4 is 0 Å². The van der Waals surface area contributed by atoms with Gasteiger partial charge in [-0.05, 0) is 23.6 Å². The first-order chi connectivity index (χ1) is 7.36. The van der Waals surface area contributed by atoms with Crippen molar-refractivity contribution in [1.82, 2.24) is 4.98 Å². The van der Waals surface area contributed by atoms with Gasteiger partial charge in [-0.2, -0.15) is 0 Å². The molecule has 0 aliphatic rings. The summed E-state index contributed by atoms with van der Waals surface area (Å²) in [6.45, 7) is 0. The van der Waals surface area contributed by atoms with Gasteiger partial charge in [0.15, 0.2) is 0 Å². The first-order valence-electron chi connectivity index (χ1n) is 4.82. The molecule has 15 heavy (non-hydrogen) atoms. The van der Waals surface area contributed by atoms with Gasteiger partial charge in [-0.15, -0.1) is 0 Å². The number of benzene rings is 2. The Morgan fingerprint density at radius 1 is 0.933 bits per heavy atom. The molecule has 2 heteroatoms. The van der Waals surface area contributed by atoms with Gasteiger partial charge in [0.05, 0.1) is 5.52 Å². The molecule has 0 unspecified atom stereocenters. The minimum atomic E-state index is 0.311. The lowest BCUT2D eigenvalue weighted by Crippen LogP contribution is -1.80. The number of nitrogens with zero attached hydrogens (tertiary/aromatic N) is 1. The zero-order valence-electron chi connectivity index (χ0n) is 8.01. The van der Waals surface area contributed by atoms with Crippen LogP contribution in [0.25, 0.3) is 21.7 Å². The maximum absolute atomic E-state index is 9.84. The van der Waals surface area contributed by atoms with Crippen LogP contribution in [0.1, 0.15) is 0 Å². The molecule has 72 valence electrons. The fourth-order valence-corrected chi connectivity index (χ4v) is 1.92. The molecule has 0 atom stereocenters. The molecule has 0 saturated carbocycles. The van der Waals surface area contributed by atoms with Crippen molar-refractivity contribution < 1.29 is 5.11 Å². The summed E-state index contributed by atoms with van der Waals surface area (Å²) in [6.07, 6.45) is 1.76. The molecule has 0 radical (unpaired) electrons. The Hall–Kier alpha value is -2.09. The molecule has 2 aromatic carbocycles. The Balaban J connectivity index is 2.64. The molecule has 0 bridgehead atoms. The Labute approximate surface area is 86.8 Å². The monoisotopic (exact) mass is 195 g/mol. The van der Waals surface area contributed by atoms with E-state index in [2.05, 4.69) is 4.98 Å². The molecule has 0 fully saturated rings. The van der Waals surface area contributed by atoms with E-state index in [0.717, 1.165) is 21.7 Å². The summed E-state index contributed by atoms with van der Waals surface area (Å²) in [6, 6.07) is 13.3.